The van der Waals surface area contributed by atoms with Crippen molar-refractivity contribution in [1.82, 2.24) is 15.2 Å². The van der Waals surface area contributed by atoms with Gasteiger partial charge in [0.1, 0.15) is 0 Å². The number of unbranched alkanes of at least 4 members (excludes halogenated alkanes) is 1. The molecule has 0 aliphatic carbocycles. The highest BCUT2D eigenvalue weighted by molar-refractivity contribution is 7.09. The standard InChI is InChI=1S/C13H25N3S/c1-11(2)16(4)8-6-5-7-14-9-13-12(3)15-10-17-13/h10-11,14H,5-9H2,1-4H3. The number of aromatic nitrogens is 1. The Morgan fingerprint density at radius 1 is 1.41 bits per heavy atom. The van der Waals surface area contributed by atoms with Crippen LogP contribution in [0.1, 0.15) is 37.3 Å². The number of aryl methyl sites for hydroxylation is 1. The van der Waals surface area contributed by atoms with Crippen LogP contribution in [-0.2, 0) is 6.54 Å². The summed E-state index contributed by atoms with van der Waals surface area (Å²) >= 11 is 1.74. The fraction of sp³-hybridized carbons (Fsp3) is 0.769. The average Bonchev–Trinajstić information content (AvgIpc) is 2.68. The van der Waals surface area contributed by atoms with E-state index in [2.05, 4.69) is 43.0 Å². The van der Waals surface area contributed by atoms with Gasteiger partial charge in [0.25, 0.3) is 0 Å². The molecule has 0 radical (unpaired) electrons. The molecule has 0 bridgehead atoms. The van der Waals surface area contributed by atoms with E-state index in [0.29, 0.717) is 6.04 Å². The molecule has 1 heterocycles. The van der Waals surface area contributed by atoms with E-state index in [4.69, 9.17) is 0 Å². The van der Waals surface area contributed by atoms with Gasteiger partial charge in [-0.1, -0.05) is 0 Å². The number of rotatable bonds is 8. The van der Waals surface area contributed by atoms with Crippen molar-refractivity contribution in [2.45, 2.75) is 46.2 Å². The summed E-state index contributed by atoms with van der Waals surface area (Å²) < 4.78 is 0. The van der Waals surface area contributed by atoms with E-state index in [0.717, 1.165) is 13.1 Å². The van der Waals surface area contributed by atoms with E-state index in [1.54, 1.807) is 11.3 Å². The molecule has 0 aromatic carbocycles. The van der Waals surface area contributed by atoms with Crippen molar-refractivity contribution in [3.05, 3.63) is 16.1 Å². The first-order chi connectivity index (χ1) is 8.11. The van der Waals surface area contributed by atoms with Crippen LogP contribution in [0.5, 0.6) is 0 Å². The Kier molecular flexibility index (Phi) is 6.70. The third kappa shape index (κ3) is 5.61. The van der Waals surface area contributed by atoms with Crippen molar-refractivity contribution in [3.8, 4) is 0 Å². The van der Waals surface area contributed by atoms with Crippen molar-refractivity contribution in [2.75, 3.05) is 20.1 Å². The van der Waals surface area contributed by atoms with Crippen LogP contribution in [-0.4, -0.2) is 36.1 Å². The van der Waals surface area contributed by atoms with Crippen LogP contribution in [0.3, 0.4) is 0 Å². The number of nitrogens with zero attached hydrogens (tertiary/aromatic N) is 2. The Labute approximate surface area is 109 Å². The van der Waals surface area contributed by atoms with Gasteiger partial charge in [-0.25, -0.2) is 4.98 Å². The summed E-state index contributed by atoms with van der Waals surface area (Å²) in [7, 11) is 2.19. The van der Waals surface area contributed by atoms with Gasteiger partial charge in [0.05, 0.1) is 11.2 Å². The minimum absolute atomic E-state index is 0.655. The summed E-state index contributed by atoms with van der Waals surface area (Å²) in [6.45, 7) is 9.82. The van der Waals surface area contributed by atoms with Gasteiger partial charge in [-0.3, -0.25) is 0 Å². The van der Waals surface area contributed by atoms with Crippen molar-refractivity contribution in [1.29, 1.82) is 0 Å². The Hall–Kier alpha value is -0.450. The highest BCUT2D eigenvalue weighted by atomic mass is 32.1. The monoisotopic (exact) mass is 255 g/mol. The zero-order chi connectivity index (χ0) is 12.7. The van der Waals surface area contributed by atoms with E-state index in [9.17, 15) is 0 Å². The number of nitrogens with one attached hydrogen (secondary N) is 1. The first kappa shape index (κ1) is 14.6. The third-order valence-electron chi connectivity index (χ3n) is 3.13. The fourth-order valence-corrected chi connectivity index (χ4v) is 2.31. The zero-order valence-corrected chi connectivity index (χ0v) is 12.3. The molecule has 0 saturated heterocycles. The molecular weight excluding hydrogens is 230 g/mol. The highest BCUT2D eigenvalue weighted by Crippen LogP contribution is 2.11. The molecule has 0 aliphatic rings. The molecule has 4 heteroatoms. The molecule has 0 fully saturated rings. The first-order valence-electron chi connectivity index (χ1n) is 6.41. The second-order valence-corrected chi connectivity index (χ2v) is 5.76. The molecule has 0 unspecified atom stereocenters. The maximum absolute atomic E-state index is 4.25. The zero-order valence-electron chi connectivity index (χ0n) is 11.5. The van der Waals surface area contributed by atoms with E-state index in [1.807, 2.05) is 5.51 Å². The Balaban J connectivity index is 2.00. The van der Waals surface area contributed by atoms with Crippen molar-refractivity contribution in [2.24, 2.45) is 0 Å². The topological polar surface area (TPSA) is 28.2 Å². The largest absolute Gasteiger partial charge is 0.312 e. The number of hydrogen-bond acceptors (Lipinski definition) is 4. The fourth-order valence-electron chi connectivity index (χ4n) is 1.57. The van der Waals surface area contributed by atoms with E-state index in [-0.39, 0.29) is 0 Å². The molecule has 1 rings (SSSR count). The molecule has 0 amide bonds. The van der Waals surface area contributed by atoms with E-state index < -0.39 is 0 Å². The van der Waals surface area contributed by atoms with E-state index >= 15 is 0 Å². The predicted octanol–water partition coefficient (Wildman–Crippen LogP) is 2.66. The van der Waals surface area contributed by atoms with Gasteiger partial charge in [0, 0.05) is 17.5 Å². The lowest BCUT2D eigenvalue weighted by molar-refractivity contribution is 0.268. The van der Waals surface area contributed by atoms with Gasteiger partial charge in [-0.05, 0) is 53.8 Å². The Morgan fingerprint density at radius 2 is 2.18 bits per heavy atom. The molecule has 3 nitrogen and oxygen atoms in total. The summed E-state index contributed by atoms with van der Waals surface area (Å²) in [5.74, 6) is 0. The molecule has 98 valence electrons. The maximum atomic E-state index is 4.25. The normalized spacial score (nSPS) is 11.6. The number of hydrogen-bond donors (Lipinski definition) is 1. The summed E-state index contributed by atoms with van der Waals surface area (Å²) in [6, 6.07) is 0.655. The van der Waals surface area contributed by atoms with Crippen molar-refractivity contribution in [3.63, 3.8) is 0 Å². The lowest BCUT2D eigenvalue weighted by Crippen LogP contribution is -2.27. The summed E-state index contributed by atoms with van der Waals surface area (Å²) in [6.07, 6.45) is 2.51. The molecule has 0 atom stereocenters. The minimum Gasteiger partial charge on any atom is -0.312 e. The van der Waals surface area contributed by atoms with Crippen LogP contribution >= 0.6 is 11.3 Å². The first-order valence-corrected chi connectivity index (χ1v) is 7.29. The second kappa shape index (κ2) is 7.80. The highest BCUT2D eigenvalue weighted by Gasteiger charge is 2.02. The van der Waals surface area contributed by atoms with Crippen LogP contribution in [0.2, 0.25) is 0 Å². The molecule has 17 heavy (non-hydrogen) atoms. The number of thiazole rings is 1. The van der Waals surface area contributed by atoms with Gasteiger partial charge >= 0.3 is 0 Å². The molecule has 1 aromatic heterocycles. The van der Waals surface area contributed by atoms with Gasteiger partial charge in [0.15, 0.2) is 0 Å². The molecule has 0 saturated carbocycles. The van der Waals surface area contributed by atoms with Crippen LogP contribution in [0.25, 0.3) is 0 Å². The summed E-state index contributed by atoms with van der Waals surface area (Å²) in [5, 5.41) is 3.48. The van der Waals surface area contributed by atoms with Crippen LogP contribution in [0.15, 0.2) is 5.51 Å². The predicted molar refractivity (Wildman–Crippen MR) is 75.6 cm³/mol. The lowest BCUT2D eigenvalue weighted by atomic mass is 10.2. The molecule has 1 aromatic rings. The quantitative estimate of drug-likeness (QED) is 0.724. The molecular formula is C13H25N3S. The van der Waals surface area contributed by atoms with E-state index in [1.165, 1.54) is 30.0 Å². The maximum Gasteiger partial charge on any atom is 0.0798 e. The molecule has 1 N–H and O–H groups in total. The summed E-state index contributed by atoms with van der Waals surface area (Å²) in [4.78, 5) is 8.01. The lowest BCUT2D eigenvalue weighted by Gasteiger charge is -2.20. The Morgan fingerprint density at radius 3 is 2.76 bits per heavy atom. The van der Waals surface area contributed by atoms with Gasteiger partial charge in [-0.15, -0.1) is 11.3 Å². The second-order valence-electron chi connectivity index (χ2n) is 4.82. The van der Waals surface area contributed by atoms with Gasteiger partial charge in [-0.2, -0.15) is 0 Å². The molecule has 0 spiro atoms. The summed E-state index contributed by atoms with van der Waals surface area (Å²) in [5.41, 5.74) is 3.09. The van der Waals surface area contributed by atoms with Crippen molar-refractivity contribution >= 4 is 11.3 Å². The Bertz CT molecular complexity index is 309. The van der Waals surface area contributed by atoms with Gasteiger partial charge < -0.3 is 10.2 Å². The van der Waals surface area contributed by atoms with Crippen LogP contribution in [0, 0.1) is 6.92 Å². The third-order valence-corrected chi connectivity index (χ3v) is 4.06. The minimum atomic E-state index is 0.655. The average molecular weight is 255 g/mol. The van der Waals surface area contributed by atoms with Crippen molar-refractivity contribution < 1.29 is 0 Å². The van der Waals surface area contributed by atoms with Gasteiger partial charge in [0.2, 0.25) is 0 Å². The van der Waals surface area contributed by atoms with Crippen LogP contribution < -0.4 is 5.32 Å². The molecule has 0 aliphatic heterocycles. The van der Waals surface area contributed by atoms with Crippen LogP contribution in [0.4, 0.5) is 0 Å². The smallest absolute Gasteiger partial charge is 0.0798 e. The SMILES string of the molecule is Cc1ncsc1CNCCCCN(C)C(C)C.